The van der Waals surface area contributed by atoms with Crippen LogP contribution in [0.15, 0.2) is 30.5 Å². The molecular formula is C13H17N3O. The lowest BCUT2D eigenvalue weighted by Crippen LogP contribution is -2.20. The van der Waals surface area contributed by atoms with Crippen LogP contribution in [0, 0.1) is 0 Å². The lowest BCUT2D eigenvalue weighted by molar-refractivity contribution is 0.190. The third kappa shape index (κ3) is 2.65. The third-order valence-corrected chi connectivity index (χ3v) is 2.59. The van der Waals surface area contributed by atoms with E-state index in [1.54, 1.807) is 13.3 Å². The molecule has 0 spiro atoms. The maximum atomic E-state index is 5.74. The topological polar surface area (TPSA) is 60.2 Å². The summed E-state index contributed by atoms with van der Waals surface area (Å²) in [5.74, 6) is 0. The number of benzene rings is 1. The number of hydrogen-bond acceptors (Lipinski definition) is 4. The molecule has 4 nitrogen and oxygen atoms in total. The van der Waals surface area contributed by atoms with Crippen molar-refractivity contribution in [3.63, 3.8) is 0 Å². The molecular weight excluding hydrogens is 214 g/mol. The van der Waals surface area contributed by atoms with E-state index < -0.39 is 0 Å². The number of rotatable bonds is 4. The Morgan fingerprint density at radius 2 is 2.24 bits per heavy atom. The van der Waals surface area contributed by atoms with Gasteiger partial charge in [0.15, 0.2) is 0 Å². The van der Waals surface area contributed by atoms with E-state index in [2.05, 4.69) is 17.2 Å². The Labute approximate surface area is 101 Å². The molecule has 2 rings (SSSR count). The molecule has 0 saturated carbocycles. The molecule has 17 heavy (non-hydrogen) atoms. The molecule has 90 valence electrons. The van der Waals surface area contributed by atoms with Gasteiger partial charge in [0.25, 0.3) is 0 Å². The van der Waals surface area contributed by atoms with Gasteiger partial charge in [-0.05, 0) is 31.2 Å². The molecule has 0 fully saturated rings. The summed E-state index contributed by atoms with van der Waals surface area (Å²) in [7, 11) is 1.70. The van der Waals surface area contributed by atoms with Crippen molar-refractivity contribution in [2.45, 2.75) is 13.0 Å². The van der Waals surface area contributed by atoms with E-state index in [1.165, 1.54) is 0 Å². The first-order valence-corrected chi connectivity index (χ1v) is 5.60. The van der Waals surface area contributed by atoms with Gasteiger partial charge in [0, 0.05) is 36.1 Å². The van der Waals surface area contributed by atoms with Gasteiger partial charge in [0.2, 0.25) is 0 Å². The first-order chi connectivity index (χ1) is 8.20. The number of methoxy groups -OCH3 is 1. The second-order valence-electron chi connectivity index (χ2n) is 4.14. The predicted octanol–water partition coefficient (Wildman–Crippen LogP) is 2.26. The minimum Gasteiger partial charge on any atom is -0.399 e. The Hall–Kier alpha value is -1.81. The standard InChI is InChI=1S/C13H17N3O/c1-9(8-17-2)16-12-5-6-15-13-7-10(14)3-4-11(12)13/h3-7,9H,8,14H2,1-2H3,(H,15,16). The van der Waals surface area contributed by atoms with Crippen molar-refractivity contribution in [1.29, 1.82) is 0 Å². The zero-order valence-corrected chi connectivity index (χ0v) is 10.1. The molecule has 1 atom stereocenters. The van der Waals surface area contributed by atoms with Gasteiger partial charge >= 0.3 is 0 Å². The molecule has 0 bridgehead atoms. The number of hydrogen-bond donors (Lipinski definition) is 2. The minimum atomic E-state index is 0.253. The predicted molar refractivity (Wildman–Crippen MR) is 71.1 cm³/mol. The number of nitrogens with two attached hydrogens (primary N) is 1. The number of nitrogens with zero attached hydrogens (tertiary/aromatic N) is 1. The fourth-order valence-corrected chi connectivity index (χ4v) is 1.85. The molecule has 0 radical (unpaired) electrons. The van der Waals surface area contributed by atoms with Crippen molar-refractivity contribution in [2.24, 2.45) is 0 Å². The van der Waals surface area contributed by atoms with Crippen LogP contribution in [0.5, 0.6) is 0 Å². The SMILES string of the molecule is COCC(C)Nc1ccnc2cc(N)ccc12. The number of pyridine rings is 1. The van der Waals surface area contributed by atoms with Crippen LogP contribution in [0.2, 0.25) is 0 Å². The number of nitrogen functional groups attached to an aromatic ring is 1. The number of fused-ring (bicyclic) bond motifs is 1. The largest absolute Gasteiger partial charge is 0.399 e. The van der Waals surface area contributed by atoms with E-state index in [4.69, 9.17) is 10.5 Å². The first kappa shape index (κ1) is 11.7. The lowest BCUT2D eigenvalue weighted by atomic mass is 10.1. The molecule has 0 amide bonds. The highest BCUT2D eigenvalue weighted by Crippen LogP contribution is 2.23. The van der Waals surface area contributed by atoms with Crippen LogP contribution >= 0.6 is 0 Å². The Morgan fingerprint density at radius 1 is 1.41 bits per heavy atom. The molecule has 1 heterocycles. The quantitative estimate of drug-likeness (QED) is 0.792. The van der Waals surface area contributed by atoms with Gasteiger partial charge in [-0.2, -0.15) is 0 Å². The second kappa shape index (κ2) is 5.01. The molecule has 0 saturated heterocycles. The normalized spacial score (nSPS) is 12.6. The van der Waals surface area contributed by atoms with Gasteiger partial charge < -0.3 is 15.8 Å². The zero-order chi connectivity index (χ0) is 12.3. The van der Waals surface area contributed by atoms with E-state index in [9.17, 15) is 0 Å². The van der Waals surface area contributed by atoms with Gasteiger partial charge in [-0.25, -0.2) is 0 Å². The monoisotopic (exact) mass is 231 g/mol. The zero-order valence-electron chi connectivity index (χ0n) is 10.1. The van der Waals surface area contributed by atoms with Crippen LogP contribution in [-0.4, -0.2) is 24.7 Å². The summed E-state index contributed by atoms with van der Waals surface area (Å²) in [6.07, 6.45) is 1.78. The van der Waals surface area contributed by atoms with Crippen LogP contribution in [0.1, 0.15) is 6.92 Å². The minimum absolute atomic E-state index is 0.253. The molecule has 4 heteroatoms. The number of aromatic nitrogens is 1. The lowest BCUT2D eigenvalue weighted by Gasteiger charge is -2.15. The molecule has 3 N–H and O–H groups in total. The molecule has 0 aliphatic rings. The smallest absolute Gasteiger partial charge is 0.0743 e. The van der Waals surface area contributed by atoms with E-state index >= 15 is 0 Å². The summed E-state index contributed by atoms with van der Waals surface area (Å²) in [6, 6.07) is 7.96. The number of anilines is 2. The third-order valence-electron chi connectivity index (χ3n) is 2.59. The Morgan fingerprint density at radius 3 is 3.00 bits per heavy atom. The van der Waals surface area contributed by atoms with Gasteiger partial charge in [-0.3, -0.25) is 4.98 Å². The van der Waals surface area contributed by atoms with Crippen molar-refractivity contribution >= 4 is 22.3 Å². The highest BCUT2D eigenvalue weighted by molar-refractivity contribution is 5.92. The van der Waals surface area contributed by atoms with Crippen molar-refractivity contribution in [3.8, 4) is 0 Å². The summed E-state index contributed by atoms with van der Waals surface area (Å²) < 4.78 is 5.11. The molecule has 2 aromatic rings. The van der Waals surface area contributed by atoms with Gasteiger partial charge in [-0.15, -0.1) is 0 Å². The first-order valence-electron chi connectivity index (χ1n) is 5.60. The molecule has 0 aliphatic heterocycles. The van der Waals surface area contributed by atoms with Crippen LogP contribution in [-0.2, 0) is 4.74 Å². The van der Waals surface area contributed by atoms with E-state index in [0.29, 0.717) is 6.61 Å². The number of ether oxygens (including phenoxy) is 1. The fraction of sp³-hybridized carbons (Fsp3) is 0.308. The molecule has 0 aliphatic carbocycles. The Bertz CT molecular complexity index is 513. The molecule has 1 aromatic carbocycles. The highest BCUT2D eigenvalue weighted by Gasteiger charge is 2.05. The summed E-state index contributed by atoms with van der Waals surface area (Å²) in [5, 5.41) is 4.47. The van der Waals surface area contributed by atoms with Crippen LogP contribution in [0.3, 0.4) is 0 Å². The van der Waals surface area contributed by atoms with Crippen molar-refractivity contribution in [3.05, 3.63) is 30.5 Å². The maximum Gasteiger partial charge on any atom is 0.0743 e. The average Bonchev–Trinajstić information content (AvgIpc) is 2.29. The van der Waals surface area contributed by atoms with Crippen LogP contribution in [0.4, 0.5) is 11.4 Å². The fourth-order valence-electron chi connectivity index (χ4n) is 1.85. The molecule has 1 unspecified atom stereocenters. The van der Waals surface area contributed by atoms with Crippen LogP contribution in [0.25, 0.3) is 10.9 Å². The second-order valence-corrected chi connectivity index (χ2v) is 4.14. The molecule has 1 aromatic heterocycles. The van der Waals surface area contributed by atoms with Crippen molar-refractivity contribution in [2.75, 3.05) is 24.8 Å². The Balaban J connectivity index is 2.34. The Kier molecular flexibility index (Phi) is 3.44. The van der Waals surface area contributed by atoms with E-state index in [-0.39, 0.29) is 6.04 Å². The number of nitrogens with one attached hydrogen (secondary N) is 1. The van der Waals surface area contributed by atoms with Crippen LogP contribution < -0.4 is 11.1 Å². The van der Waals surface area contributed by atoms with Gasteiger partial charge in [-0.1, -0.05) is 0 Å². The summed E-state index contributed by atoms with van der Waals surface area (Å²) >= 11 is 0. The van der Waals surface area contributed by atoms with Gasteiger partial charge in [0.1, 0.15) is 0 Å². The van der Waals surface area contributed by atoms with E-state index in [0.717, 1.165) is 22.3 Å². The van der Waals surface area contributed by atoms with Crippen molar-refractivity contribution < 1.29 is 4.74 Å². The van der Waals surface area contributed by atoms with E-state index in [1.807, 2.05) is 24.3 Å². The van der Waals surface area contributed by atoms with Crippen molar-refractivity contribution in [1.82, 2.24) is 4.98 Å². The highest BCUT2D eigenvalue weighted by atomic mass is 16.5. The summed E-state index contributed by atoms with van der Waals surface area (Å²) in [5.41, 5.74) is 8.43. The average molecular weight is 231 g/mol. The summed E-state index contributed by atoms with van der Waals surface area (Å²) in [6.45, 7) is 2.74. The van der Waals surface area contributed by atoms with Gasteiger partial charge in [0.05, 0.1) is 12.1 Å². The summed E-state index contributed by atoms with van der Waals surface area (Å²) in [4.78, 5) is 4.30. The maximum absolute atomic E-state index is 5.74.